The average Bonchev–Trinajstić information content (AvgIpc) is 2.16. The second kappa shape index (κ2) is 4.29. The summed E-state index contributed by atoms with van der Waals surface area (Å²) in [5.74, 6) is -3.10. The molecule has 0 saturated heterocycles. The van der Waals surface area contributed by atoms with E-state index in [1.807, 2.05) is 0 Å². The zero-order valence-electron chi connectivity index (χ0n) is 7.18. The van der Waals surface area contributed by atoms with E-state index in [-0.39, 0.29) is 5.75 Å². The second-order valence-corrected chi connectivity index (χ2v) is 2.50. The van der Waals surface area contributed by atoms with Crippen molar-refractivity contribution in [1.82, 2.24) is 0 Å². The van der Waals surface area contributed by atoms with Gasteiger partial charge in [-0.3, -0.25) is 0 Å². The number of benzene rings is 1. The molecule has 0 radical (unpaired) electrons. The van der Waals surface area contributed by atoms with Crippen LogP contribution in [0.3, 0.4) is 0 Å². The van der Waals surface area contributed by atoms with Crippen molar-refractivity contribution in [2.75, 3.05) is 0 Å². The lowest BCUT2D eigenvalue weighted by molar-refractivity contribution is -0.114. The minimum absolute atomic E-state index is 0.214. The maximum Gasteiger partial charge on any atom is 0.449 e. The van der Waals surface area contributed by atoms with Crippen molar-refractivity contribution in [3.63, 3.8) is 0 Å². The molecule has 0 aliphatic heterocycles. The Morgan fingerprint density at radius 3 is 2.00 bits per heavy atom. The molecule has 1 nitrogen and oxygen atoms in total. The monoisotopic (exact) mass is 224 g/mol. The van der Waals surface area contributed by atoms with E-state index in [1.54, 1.807) is 6.07 Å². The maximum absolute atomic E-state index is 12.5. The zero-order valence-corrected chi connectivity index (χ0v) is 7.18. The van der Waals surface area contributed by atoms with E-state index in [1.165, 1.54) is 24.3 Å². The molecule has 15 heavy (non-hydrogen) atoms. The number of ether oxygens (including phenoxy) is 1. The Kier molecular flexibility index (Phi) is 3.28. The van der Waals surface area contributed by atoms with Crippen molar-refractivity contribution >= 4 is 0 Å². The molecule has 0 aliphatic rings. The van der Waals surface area contributed by atoms with Gasteiger partial charge in [0, 0.05) is 0 Å². The summed E-state index contributed by atoms with van der Waals surface area (Å²) in [5, 5.41) is 0. The van der Waals surface area contributed by atoms with Crippen LogP contribution in [-0.2, 0) is 0 Å². The summed E-state index contributed by atoms with van der Waals surface area (Å²) in [4.78, 5) is 0. The molecule has 6 heteroatoms. The molecule has 0 unspecified atom stereocenters. The Hall–Kier alpha value is -1.59. The van der Waals surface area contributed by atoms with E-state index in [0.717, 1.165) is 0 Å². The average molecular weight is 224 g/mol. The van der Waals surface area contributed by atoms with Crippen molar-refractivity contribution in [1.29, 1.82) is 0 Å². The minimum atomic E-state index is -5.38. The number of halogens is 5. The van der Waals surface area contributed by atoms with E-state index >= 15 is 0 Å². The fourth-order valence-corrected chi connectivity index (χ4v) is 0.748. The molecule has 0 heterocycles. The molecule has 0 amide bonds. The Labute approximate surface area is 81.8 Å². The standard InChI is InChI=1S/C9H5F5O/c10-7(9(12,13)14)8(11)15-6-4-2-1-3-5-6/h1-5H. The van der Waals surface area contributed by atoms with E-state index < -0.39 is 18.0 Å². The second-order valence-electron chi connectivity index (χ2n) is 2.50. The summed E-state index contributed by atoms with van der Waals surface area (Å²) in [6.45, 7) is 0. The van der Waals surface area contributed by atoms with Crippen molar-refractivity contribution in [2.45, 2.75) is 6.18 Å². The smallest absolute Gasteiger partial charge is 0.430 e. The lowest BCUT2D eigenvalue weighted by atomic mass is 10.3. The molecule has 0 aromatic heterocycles. The first-order chi connectivity index (χ1) is 6.91. The van der Waals surface area contributed by atoms with Crippen LogP contribution in [0.5, 0.6) is 5.75 Å². The summed E-state index contributed by atoms with van der Waals surface area (Å²) >= 11 is 0. The molecule has 0 N–H and O–H groups in total. The highest BCUT2D eigenvalue weighted by atomic mass is 19.4. The Morgan fingerprint density at radius 1 is 1.00 bits per heavy atom. The van der Waals surface area contributed by atoms with Gasteiger partial charge in [0.1, 0.15) is 5.75 Å². The highest BCUT2D eigenvalue weighted by Crippen LogP contribution is 2.30. The van der Waals surface area contributed by atoms with Crippen LogP contribution < -0.4 is 4.74 Å². The number of para-hydroxylation sites is 1. The minimum Gasteiger partial charge on any atom is -0.430 e. The summed E-state index contributed by atoms with van der Waals surface area (Å²) in [6, 6.07) is 4.47. The third-order valence-corrected chi connectivity index (χ3v) is 1.37. The van der Waals surface area contributed by atoms with Crippen LogP contribution in [0.25, 0.3) is 0 Å². The first-order valence-electron chi connectivity index (χ1n) is 3.76. The van der Waals surface area contributed by atoms with Gasteiger partial charge in [-0.15, -0.1) is 0 Å². The number of alkyl halides is 3. The lowest BCUT2D eigenvalue weighted by Gasteiger charge is -2.06. The topological polar surface area (TPSA) is 9.23 Å². The van der Waals surface area contributed by atoms with E-state index in [2.05, 4.69) is 4.74 Å². The largest absolute Gasteiger partial charge is 0.449 e. The fraction of sp³-hybridized carbons (Fsp3) is 0.111. The quantitative estimate of drug-likeness (QED) is 0.549. The summed E-state index contributed by atoms with van der Waals surface area (Å²) in [7, 11) is 0. The van der Waals surface area contributed by atoms with Gasteiger partial charge in [0.25, 0.3) is 5.83 Å². The van der Waals surface area contributed by atoms with Gasteiger partial charge in [-0.1, -0.05) is 18.2 Å². The van der Waals surface area contributed by atoms with Gasteiger partial charge in [0.2, 0.25) is 0 Å². The lowest BCUT2D eigenvalue weighted by Crippen LogP contribution is -2.11. The molecular formula is C9H5F5O. The van der Waals surface area contributed by atoms with Gasteiger partial charge < -0.3 is 4.74 Å². The predicted octanol–water partition coefficient (Wildman–Crippen LogP) is 3.74. The predicted molar refractivity (Wildman–Crippen MR) is 42.4 cm³/mol. The van der Waals surface area contributed by atoms with Crippen molar-refractivity contribution < 1.29 is 26.7 Å². The Balaban J connectivity index is 2.84. The van der Waals surface area contributed by atoms with Gasteiger partial charge in [0.05, 0.1) is 0 Å². The van der Waals surface area contributed by atoms with Crippen LogP contribution in [-0.4, -0.2) is 6.18 Å². The third-order valence-electron chi connectivity index (χ3n) is 1.37. The molecule has 82 valence electrons. The zero-order chi connectivity index (χ0) is 11.5. The van der Waals surface area contributed by atoms with E-state index in [0.29, 0.717) is 0 Å². The molecule has 0 spiro atoms. The third kappa shape index (κ3) is 3.23. The van der Waals surface area contributed by atoms with Gasteiger partial charge >= 0.3 is 12.2 Å². The highest BCUT2D eigenvalue weighted by molar-refractivity contribution is 5.23. The summed E-state index contributed by atoms with van der Waals surface area (Å²) < 4.78 is 63.8. The maximum atomic E-state index is 12.5. The van der Waals surface area contributed by atoms with Crippen LogP contribution in [0.1, 0.15) is 0 Å². The number of allylic oxidation sites excluding steroid dienone is 1. The number of hydrogen-bond donors (Lipinski definition) is 0. The Morgan fingerprint density at radius 2 is 1.53 bits per heavy atom. The molecule has 0 bridgehead atoms. The first kappa shape index (κ1) is 11.5. The van der Waals surface area contributed by atoms with Crippen LogP contribution >= 0.6 is 0 Å². The van der Waals surface area contributed by atoms with Gasteiger partial charge in [-0.05, 0) is 12.1 Å². The molecule has 1 rings (SSSR count). The van der Waals surface area contributed by atoms with Crippen LogP contribution in [0.2, 0.25) is 0 Å². The fourth-order valence-electron chi connectivity index (χ4n) is 0.748. The molecule has 1 aromatic carbocycles. The van der Waals surface area contributed by atoms with Gasteiger partial charge in [-0.2, -0.15) is 22.0 Å². The molecule has 0 atom stereocenters. The van der Waals surface area contributed by atoms with Crippen LogP contribution in [0, 0.1) is 0 Å². The van der Waals surface area contributed by atoms with Crippen molar-refractivity contribution in [3.8, 4) is 5.75 Å². The normalized spacial score (nSPS) is 13.4. The molecular weight excluding hydrogens is 219 g/mol. The highest BCUT2D eigenvalue weighted by Gasteiger charge is 2.39. The molecule has 0 aliphatic carbocycles. The summed E-state index contributed by atoms with van der Waals surface area (Å²) in [5.41, 5.74) is 0. The molecule has 0 fully saturated rings. The molecule has 0 saturated carbocycles. The number of hydrogen-bond acceptors (Lipinski definition) is 1. The number of rotatable bonds is 2. The van der Waals surface area contributed by atoms with Gasteiger partial charge in [-0.25, -0.2) is 0 Å². The SMILES string of the molecule is FC(Oc1ccccc1)=C(F)C(F)(F)F. The van der Waals surface area contributed by atoms with Gasteiger partial charge in [0.15, 0.2) is 0 Å². The first-order valence-corrected chi connectivity index (χ1v) is 3.76. The molecule has 1 aromatic rings. The van der Waals surface area contributed by atoms with Crippen molar-refractivity contribution in [2.24, 2.45) is 0 Å². The van der Waals surface area contributed by atoms with Crippen LogP contribution in [0.4, 0.5) is 22.0 Å². The Bertz CT molecular complexity index is 355. The van der Waals surface area contributed by atoms with E-state index in [9.17, 15) is 22.0 Å². The van der Waals surface area contributed by atoms with E-state index in [4.69, 9.17) is 0 Å². The van der Waals surface area contributed by atoms with Crippen molar-refractivity contribution in [3.05, 3.63) is 42.2 Å². The van der Waals surface area contributed by atoms with Crippen LogP contribution in [0.15, 0.2) is 42.2 Å². The summed E-state index contributed by atoms with van der Waals surface area (Å²) in [6.07, 6.45) is -5.38.